The molecule has 0 heterocycles. The van der Waals surface area contributed by atoms with Crippen LogP contribution in [0.4, 0.5) is 4.39 Å². The second-order valence-electron chi connectivity index (χ2n) is 3.33. The Balaban J connectivity index is 2.80. The van der Waals surface area contributed by atoms with Gasteiger partial charge in [0.25, 0.3) is 0 Å². The molecule has 82 valence electrons. The van der Waals surface area contributed by atoms with Gasteiger partial charge in [-0.1, -0.05) is 25.2 Å². The predicted octanol–water partition coefficient (Wildman–Crippen LogP) is 2.58. The molecule has 0 spiro atoms. The number of hydrogen-bond donors (Lipinski definition) is 1. The second-order valence-corrected chi connectivity index (χ2v) is 3.80. The van der Waals surface area contributed by atoms with Crippen LogP contribution in [0.3, 0.4) is 0 Å². The van der Waals surface area contributed by atoms with Crippen molar-refractivity contribution in [1.82, 2.24) is 0 Å². The number of rotatable bonds is 4. The smallest absolute Gasteiger partial charge is 0.148 e. The standard InChI is InChI=1S/C11H14FNOS/c1-3-10(11(13)15)14-8-5-4-7(2)9(12)6-8/h4-6,10H,3H2,1-2H3,(H2,13,15). The van der Waals surface area contributed by atoms with E-state index in [4.69, 9.17) is 22.7 Å². The zero-order valence-electron chi connectivity index (χ0n) is 8.79. The van der Waals surface area contributed by atoms with Crippen LogP contribution in [0.1, 0.15) is 18.9 Å². The van der Waals surface area contributed by atoms with E-state index in [9.17, 15) is 4.39 Å². The summed E-state index contributed by atoms with van der Waals surface area (Å²) in [4.78, 5) is 0.290. The van der Waals surface area contributed by atoms with E-state index in [1.165, 1.54) is 6.07 Å². The normalized spacial score (nSPS) is 12.2. The van der Waals surface area contributed by atoms with Gasteiger partial charge in [0.1, 0.15) is 22.7 Å². The lowest BCUT2D eigenvalue weighted by atomic mass is 10.2. The lowest BCUT2D eigenvalue weighted by Crippen LogP contribution is -2.31. The van der Waals surface area contributed by atoms with Gasteiger partial charge in [-0.2, -0.15) is 0 Å². The van der Waals surface area contributed by atoms with Crippen molar-refractivity contribution < 1.29 is 9.13 Å². The third-order valence-electron chi connectivity index (χ3n) is 2.11. The number of hydrogen-bond acceptors (Lipinski definition) is 2. The first-order valence-electron chi connectivity index (χ1n) is 4.76. The summed E-state index contributed by atoms with van der Waals surface area (Å²) in [5.74, 6) is 0.169. The molecular weight excluding hydrogens is 213 g/mol. The lowest BCUT2D eigenvalue weighted by Gasteiger charge is -2.16. The zero-order chi connectivity index (χ0) is 11.4. The maximum atomic E-state index is 13.2. The molecule has 0 aromatic heterocycles. The number of aryl methyl sites for hydroxylation is 1. The van der Waals surface area contributed by atoms with Crippen molar-refractivity contribution in [1.29, 1.82) is 0 Å². The third kappa shape index (κ3) is 3.16. The summed E-state index contributed by atoms with van der Waals surface area (Å²) in [7, 11) is 0. The number of ether oxygens (including phenoxy) is 1. The average molecular weight is 227 g/mol. The lowest BCUT2D eigenvalue weighted by molar-refractivity contribution is 0.262. The Kier molecular flexibility index (Phi) is 4.03. The van der Waals surface area contributed by atoms with E-state index in [-0.39, 0.29) is 11.9 Å². The molecule has 2 N–H and O–H groups in total. The molecule has 1 unspecified atom stereocenters. The van der Waals surface area contributed by atoms with E-state index in [2.05, 4.69) is 0 Å². The Hall–Kier alpha value is -1.16. The molecule has 0 aliphatic heterocycles. The van der Waals surface area contributed by atoms with Crippen LogP contribution in [0.5, 0.6) is 5.75 Å². The fourth-order valence-electron chi connectivity index (χ4n) is 1.15. The highest BCUT2D eigenvalue weighted by Gasteiger charge is 2.11. The molecule has 1 atom stereocenters. The Bertz CT molecular complexity index is 368. The Labute approximate surface area is 94.2 Å². The SMILES string of the molecule is CCC(Oc1ccc(C)c(F)c1)C(N)=S. The van der Waals surface area contributed by atoms with Crippen molar-refractivity contribution in [3.8, 4) is 5.75 Å². The van der Waals surface area contributed by atoms with Crippen LogP contribution in [0.25, 0.3) is 0 Å². The number of nitrogens with two attached hydrogens (primary N) is 1. The first kappa shape index (κ1) is 11.9. The predicted molar refractivity (Wildman–Crippen MR) is 62.6 cm³/mol. The topological polar surface area (TPSA) is 35.2 Å². The summed E-state index contributed by atoms with van der Waals surface area (Å²) < 4.78 is 18.6. The summed E-state index contributed by atoms with van der Waals surface area (Å²) in [6.07, 6.45) is 0.340. The summed E-state index contributed by atoms with van der Waals surface area (Å²) in [5, 5.41) is 0. The van der Waals surface area contributed by atoms with Gasteiger partial charge in [0.15, 0.2) is 0 Å². The molecule has 2 nitrogen and oxygen atoms in total. The first-order valence-corrected chi connectivity index (χ1v) is 5.17. The van der Waals surface area contributed by atoms with Gasteiger partial charge in [0, 0.05) is 6.07 Å². The molecule has 0 amide bonds. The van der Waals surface area contributed by atoms with Crippen LogP contribution in [0.15, 0.2) is 18.2 Å². The molecular formula is C11H14FNOS. The highest BCUT2D eigenvalue weighted by molar-refractivity contribution is 7.80. The molecule has 0 aliphatic rings. The molecule has 4 heteroatoms. The minimum Gasteiger partial charge on any atom is -0.483 e. The van der Waals surface area contributed by atoms with Gasteiger partial charge in [-0.05, 0) is 25.0 Å². The minimum absolute atomic E-state index is 0.287. The van der Waals surface area contributed by atoms with E-state index in [1.54, 1.807) is 19.1 Å². The summed E-state index contributed by atoms with van der Waals surface area (Å²) in [6, 6.07) is 4.71. The van der Waals surface area contributed by atoms with E-state index < -0.39 is 0 Å². The fourth-order valence-corrected chi connectivity index (χ4v) is 1.37. The van der Waals surface area contributed by atoms with Crippen LogP contribution in [0, 0.1) is 12.7 Å². The summed E-state index contributed by atoms with van der Waals surface area (Å²) in [6.45, 7) is 3.61. The Morgan fingerprint density at radius 2 is 2.27 bits per heavy atom. The van der Waals surface area contributed by atoms with Crippen LogP contribution in [-0.2, 0) is 0 Å². The number of halogens is 1. The van der Waals surface area contributed by atoms with Crippen LogP contribution < -0.4 is 10.5 Å². The van der Waals surface area contributed by atoms with Gasteiger partial charge >= 0.3 is 0 Å². The molecule has 0 bridgehead atoms. The Morgan fingerprint density at radius 1 is 1.60 bits per heavy atom. The fraction of sp³-hybridized carbons (Fsp3) is 0.364. The molecule has 1 aromatic rings. The van der Waals surface area contributed by atoms with Crippen molar-refractivity contribution in [2.45, 2.75) is 26.4 Å². The quantitative estimate of drug-likeness (QED) is 0.803. The van der Waals surface area contributed by atoms with Gasteiger partial charge in [0.2, 0.25) is 0 Å². The van der Waals surface area contributed by atoms with E-state index in [0.717, 1.165) is 0 Å². The number of benzene rings is 1. The maximum absolute atomic E-state index is 13.2. The van der Waals surface area contributed by atoms with Crippen molar-refractivity contribution in [2.24, 2.45) is 5.73 Å². The molecule has 0 aliphatic carbocycles. The molecule has 0 saturated heterocycles. The summed E-state index contributed by atoms with van der Waals surface area (Å²) >= 11 is 4.83. The van der Waals surface area contributed by atoms with E-state index >= 15 is 0 Å². The molecule has 0 saturated carbocycles. The van der Waals surface area contributed by atoms with Crippen LogP contribution >= 0.6 is 12.2 Å². The highest BCUT2D eigenvalue weighted by Crippen LogP contribution is 2.18. The van der Waals surface area contributed by atoms with Gasteiger partial charge < -0.3 is 10.5 Å². The maximum Gasteiger partial charge on any atom is 0.148 e. The van der Waals surface area contributed by atoms with Gasteiger partial charge in [-0.15, -0.1) is 0 Å². The minimum atomic E-state index is -0.331. The second kappa shape index (κ2) is 5.07. The van der Waals surface area contributed by atoms with Crippen molar-refractivity contribution in [3.63, 3.8) is 0 Å². The van der Waals surface area contributed by atoms with Gasteiger partial charge in [-0.3, -0.25) is 0 Å². The molecule has 0 radical (unpaired) electrons. The van der Waals surface area contributed by atoms with Crippen molar-refractivity contribution in [2.75, 3.05) is 0 Å². The zero-order valence-corrected chi connectivity index (χ0v) is 9.60. The van der Waals surface area contributed by atoms with Gasteiger partial charge in [0.05, 0.1) is 0 Å². The average Bonchev–Trinajstić information content (AvgIpc) is 2.19. The third-order valence-corrected chi connectivity index (χ3v) is 2.37. The first-order chi connectivity index (χ1) is 7.04. The van der Waals surface area contributed by atoms with Gasteiger partial charge in [-0.25, -0.2) is 4.39 Å². The van der Waals surface area contributed by atoms with E-state index in [1.807, 2.05) is 6.92 Å². The van der Waals surface area contributed by atoms with Crippen LogP contribution in [-0.4, -0.2) is 11.1 Å². The molecule has 0 fully saturated rings. The molecule has 1 aromatic carbocycles. The monoisotopic (exact) mass is 227 g/mol. The van der Waals surface area contributed by atoms with Crippen molar-refractivity contribution >= 4 is 17.2 Å². The molecule has 1 rings (SSSR count). The van der Waals surface area contributed by atoms with Crippen molar-refractivity contribution in [3.05, 3.63) is 29.6 Å². The van der Waals surface area contributed by atoms with Crippen LogP contribution in [0.2, 0.25) is 0 Å². The van der Waals surface area contributed by atoms with E-state index in [0.29, 0.717) is 22.7 Å². The molecule has 15 heavy (non-hydrogen) atoms. The number of thiocarbonyl (C=S) groups is 1. The summed E-state index contributed by atoms with van der Waals surface area (Å²) in [5.41, 5.74) is 6.06. The largest absolute Gasteiger partial charge is 0.483 e. The Morgan fingerprint density at radius 3 is 2.73 bits per heavy atom. The highest BCUT2D eigenvalue weighted by atomic mass is 32.1.